The molecule has 0 spiro atoms. The van der Waals surface area contributed by atoms with E-state index in [2.05, 4.69) is 0 Å². The van der Waals surface area contributed by atoms with Gasteiger partial charge in [-0.1, -0.05) is 0 Å². The number of hydrogen-bond acceptors (Lipinski definition) is 10. The molecule has 1 unspecified atom stereocenters. The van der Waals surface area contributed by atoms with Crippen molar-refractivity contribution in [1.82, 2.24) is 0 Å². The van der Waals surface area contributed by atoms with Crippen LogP contribution in [0.25, 0.3) is 0 Å². The zero-order valence-corrected chi connectivity index (χ0v) is 12.6. The molecule has 2 aliphatic rings. The van der Waals surface area contributed by atoms with Gasteiger partial charge in [0, 0.05) is 6.42 Å². The van der Waals surface area contributed by atoms with Crippen LogP contribution in [-0.4, -0.2) is 75.6 Å². The molecule has 2 rings (SSSR count). The molecular formula is C14H16O10. The lowest BCUT2D eigenvalue weighted by molar-refractivity contribution is -0.201. The summed E-state index contributed by atoms with van der Waals surface area (Å²) in [5.74, 6) is -5.87. The summed E-state index contributed by atoms with van der Waals surface area (Å²) in [5.41, 5.74) is -2.61. The Labute approximate surface area is 135 Å². The molecule has 10 nitrogen and oxygen atoms in total. The standard InChI is InChI=1S/C14H16O10/c1-5(16)14(3-6(17)2-7(18)11(14)21)13(22)24-12-10(20)9(19)8(4-15)23-12/h8-10,12,15,19-20H,2-4H2,1H3/t8-,9-,10-,12+,14?/m1/s1. The Hall–Kier alpha value is -2.01. The van der Waals surface area contributed by atoms with Gasteiger partial charge in [0.1, 0.15) is 24.1 Å². The van der Waals surface area contributed by atoms with Crippen molar-refractivity contribution in [3.63, 3.8) is 0 Å². The number of carbonyl (C=O) groups excluding carboxylic acids is 5. The first kappa shape index (κ1) is 18.3. The summed E-state index contributed by atoms with van der Waals surface area (Å²) in [4.78, 5) is 59.6. The van der Waals surface area contributed by atoms with E-state index >= 15 is 0 Å². The van der Waals surface area contributed by atoms with Crippen molar-refractivity contribution in [2.45, 2.75) is 44.4 Å². The van der Waals surface area contributed by atoms with Crippen LogP contribution >= 0.6 is 0 Å². The Bertz CT molecular complexity index is 611. The Morgan fingerprint density at radius 2 is 1.88 bits per heavy atom. The van der Waals surface area contributed by atoms with Crippen molar-refractivity contribution in [3.8, 4) is 0 Å². The monoisotopic (exact) mass is 344 g/mol. The van der Waals surface area contributed by atoms with E-state index in [-0.39, 0.29) is 0 Å². The van der Waals surface area contributed by atoms with Gasteiger partial charge in [-0.3, -0.25) is 24.0 Å². The highest BCUT2D eigenvalue weighted by atomic mass is 16.7. The highest BCUT2D eigenvalue weighted by molar-refractivity contribution is 6.52. The summed E-state index contributed by atoms with van der Waals surface area (Å²) in [7, 11) is 0. The number of Topliss-reactive ketones (excluding diaryl/α,β-unsaturated/α-hetero) is 4. The van der Waals surface area contributed by atoms with Crippen LogP contribution < -0.4 is 0 Å². The maximum atomic E-state index is 12.4. The minimum Gasteiger partial charge on any atom is -0.432 e. The minimum absolute atomic E-state index is 0.681. The molecule has 0 amide bonds. The lowest BCUT2D eigenvalue weighted by Crippen LogP contribution is -2.55. The summed E-state index contributed by atoms with van der Waals surface area (Å²) in [5, 5.41) is 28.3. The van der Waals surface area contributed by atoms with Crippen LogP contribution in [0.5, 0.6) is 0 Å². The number of hydrogen-bond donors (Lipinski definition) is 3. The SMILES string of the molecule is CC(=O)C1(C(=O)O[C@@H]2O[C@H](CO)[C@@H](O)[C@H]2O)CC(=O)CC(=O)C1=O. The Balaban J connectivity index is 2.28. The molecule has 0 aromatic rings. The predicted molar refractivity (Wildman–Crippen MR) is 71.2 cm³/mol. The molecule has 0 aromatic heterocycles. The van der Waals surface area contributed by atoms with Gasteiger partial charge < -0.3 is 24.8 Å². The van der Waals surface area contributed by atoms with Crippen LogP contribution in [0.1, 0.15) is 19.8 Å². The smallest absolute Gasteiger partial charge is 0.330 e. The molecule has 1 heterocycles. The van der Waals surface area contributed by atoms with Gasteiger partial charge in [0.2, 0.25) is 17.9 Å². The van der Waals surface area contributed by atoms with E-state index in [0.717, 1.165) is 6.92 Å². The fraction of sp³-hybridized carbons (Fsp3) is 0.643. The van der Waals surface area contributed by atoms with Gasteiger partial charge in [0.15, 0.2) is 11.2 Å². The molecule has 0 bridgehead atoms. The van der Waals surface area contributed by atoms with E-state index in [4.69, 9.17) is 14.6 Å². The molecule has 2 fully saturated rings. The van der Waals surface area contributed by atoms with E-state index in [1.165, 1.54) is 0 Å². The lowest BCUT2D eigenvalue weighted by atomic mass is 9.69. The number of carbonyl (C=O) groups is 5. The molecule has 5 atom stereocenters. The van der Waals surface area contributed by atoms with Gasteiger partial charge in [-0.15, -0.1) is 0 Å². The maximum absolute atomic E-state index is 12.4. The lowest BCUT2D eigenvalue weighted by Gasteiger charge is -2.30. The molecule has 1 saturated carbocycles. The van der Waals surface area contributed by atoms with E-state index in [0.29, 0.717) is 0 Å². The second-order valence-electron chi connectivity index (χ2n) is 5.72. The summed E-state index contributed by atoms with van der Waals surface area (Å²) >= 11 is 0. The first-order valence-corrected chi connectivity index (χ1v) is 7.09. The first-order valence-electron chi connectivity index (χ1n) is 7.09. The Morgan fingerprint density at radius 1 is 1.25 bits per heavy atom. The zero-order valence-electron chi connectivity index (χ0n) is 12.6. The van der Waals surface area contributed by atoms with Crippen LogP contribution in [0.3, 0.4) is 0 Å². The van der Waals surface area contributed by atoms with Gasteiger partial charge in [-0.2, -0.15) is 0 Å². The van der Waals surface area contributed by atoms with Gasteiger partial charge in [0.25, 0.3) is 0 Å². The van der Waals surface area contributed by atoms with Crippen molar-refractivity contribution in [1.29, 1.82) is 0 Å². The Kier molecular flexibility index (Phi) is 4.95. The van der Waals surface area contributed by atoms with Crippen molar-refractivity contribution in [2.75, 3.05) is 6.61 Å². The molecule has 1 aliphatic carbocycles. The highest BCUT2D eigenvalue weighted by Gasteiger charge is 2.59. The van der Waals surface area contributed by atoms with Crippen LogP contribution in [0, 0.1) is 5.41 Å². The molecule has 0 aromatic carbocycles. The van der Waals surface area contributed by atoms with Crippen LogP contribution in [-0.2, 0) is 33.4 Å². The van der Waals surface area contributed by atoms with E-state index < -0.39 is 78.6 Å². The fourth-order valence-electron chi connectivity index (χ4n) is 2.70. The number of rotatable bonds is 4. The third-order valence-electron chi connectivity index (χ3n) is 4.13. The molecule has 3 N–H and O–H groups in total. The topological polar surface area (TPSA) is 164 Å². The predicted octanol–water partition coefficient (Wildman–Crippen LogP) is -2.95. The van der Waals surface area contributed by atoms with Crippen LogP contribution in [0.2, 0.25) is 0 Å². The molecule has 132 valence electrons. The number of esters is 1. The number of aliphatic hydroxyl groups is 3. The molecule has 1 aliphatic heterocycles. The third kappa shape index (κ3) is 2.77. The van der Waals surface area contributed by atoms with E-state index in [1.807, 2.05) is 0 Å². The molecule has 0 radical (unpaired) electrons. The minimum atomic E-state index is -2.61. The average molecular weight is 344 g/mol. The normalized spacial score (nSPS) is 36.8. The highest BCUT2D eigenvalue weighted by Crippen LogP contribution is 2.34. The summed E-state index contributed by atoms with van der Waals surface area (Å²) in [6.07, 6.45) is -7.82. The van der Waals surface area contributed by atoms with Crippen LogP contribution in [0.4, 0.5) is 0 Å². The number of ether oxygens (including phenoxy) is 2. The number of ketones is 4. The van der Waals surface area contributed by atoms with Crippen molar-refractivity contribution in [3.05, 3.63) is 0 Å². The summed E-state index contributed by atoms with van der Waals surface area (Å²) < 4.78 is 9.69. The second-order valence-corrected chi connectivity index (χ2v) is 5.72. The zero-order chi connectivity index (χ0) is 18.2. The first-order chi connectivity index (χ1) is 11.1. The quantitative estimate of drug-likeness (QED) is 0.273. The third-order valence-corrected chi connectivity index (χ3v) is 4.13. The van der Waals surface area contributed by atoms with Gasteiger partial charge in [-0.05, 0) is 6.92 Å². The Morgan fingerprint density at radius 3 is 2.38 bits per heavy atom. The maximum Gasteiger partial charge on any atom is 0.330 e. The fourth-order valence-corrected chi connectivity index (χ4v) is 2.70. The summed E-state index contributed by atoms with van der Waals surface area (Å²) in [6.45, 7) is 0.183. The largest absolute Gasteiger partial charge is 0.432 e. The molecule has 10 heteroatoms. The van der Waals surface area contributed by atoms with Gasteiger partial charge >= 0.3 is 5.97 Å². The number of aliphatic hydroxyl groups excluding tert-OH is 3. The summed E-state index contributed by atoms with van der Waals surface area (Å²) in [6, 6.07) is 0. The van der Waals surface area contributed by atoms with Crippen molar-refractivity contribution >= 4 is 29.1 Å². The average Bonchev–Trinajstić information content (AvgIpc) is 2.78. The van der Waals surface area contributed by atoms with E-state index in [1.54, 1.807) is 0 Å². The van der Waals surface area contributed by atoms with Gasteiger partial charge in [0.05, 0.1) is 13.0 Å². The molecule has 1 saturated heterocycles. The molecular weight excluding hydrogens is 328 g/mol. The van der Waals surface area contributed by atoms with E-state index in [9.17, 15) is 34.2 Å². The van der Waals surface area contributed by atoms with Crippen LogP contribution in [0.15, 0.2) is 0 Å². The second kappa shape index (κ2) is 6.48. The van der Waals surface area contributed by atoms with Crippen molar-refractivity contribution < 1.29 is 48.8 Å². The van der Waals surface area contributed by atoms with Crippen molar-refractivity contribution in [2.24, 2.45) is 5.41 Å². The van der Waals surface area contributed by atoms with Gasteiger partial charge in [-0.25, -0.2) is 0 Å². The molecule has 24 heavy (non-hydrogen) atoms.